The van der Waals surface area contributed by atoms with Gasteiger partial charge >= 0.3 is 0 Å². The maximum absolute atomic E-state index is 12.7. The quantitative estimate of drug-likeness (QED) is 0.912. The number of carbonyl (C=O) groups is 1. The second kappa shape index (κ2) is 6.22. The fourth-order valence-corrected chi connectivity index (χ4v) is 3.32. The maximum atomic E-state index is 12.7. The van der Waals surface area contributed by atoms with E-state index in [0.717, 1.165) is 31.6 Å². The van der Waals surface area contributed by atoms with Crippen molar-refractivity contribution in [2.75, 3.05) is 13.1 Å². The molecule has 124 valence electrons. The molecule has 23 heavy (non-hydrogen) atoms. The Hall–Kier alpha value is -2.04. The van der Waals surface area contributed by atoms with Crippen molar-refractivity contribution in [1.29, 1.82) is 0 Å². The standard InChI is InChI=1S/C18H25N3O2/c1-18(2,3)13-6-4-9-21(10-8-13)17(22)15-12-14(19-20-15)16-7-5-11-23-16/h5,7,11-13H,4,6,8-10H2,1-3H3,(H,19,20). The van der Waals surface area contributed by atoms with Gasteiger partial charge in [-0.3, -0.25) is 9.89 Å². The molecule has 1 saturated heterocycles. The number of nitrogens with one attached hydrogen (secondary N) is 1. The summed E-state index contributed by atoms with van der Waals surface area (Å²) < 4.78 is 5.33. The molecule has 1 atom stereocenters. The van der Waals surface area contributed by atoms with Gasteiger partial charge in [0.25, 0.3) is 5.91 Å². The molecule has 3 heterocycles. The molecular weight excluding hydrogens is 290 g/mol. The van der Waals surface area contributed by atoms with Gasteiger partial charge in [-0.05, 0) is 42.7 Å². The summed E-state index contributed by atoms with van der Waals surface area (Å²) in [4.78, 5) is 14.6. The lowest BCUT2D eigenvalue weighted by Crippen LogP contribution is -2.32. The summed E-state index contributed by atoms with van der Waals surface area (Å²) in [5.41, 5.74) is 1.50. The van der Waals surface area contributed by atoms with Gasteiger partial charge < -0.3 is 9.32 Å². The fourth-order valence-electron chi connectivity index (χ4n) is 3.32. The summed E-state index contributed by atoms with van der Waals surface area (Å²) >= 11 is 0. The molecule has 1 amide bonds. The minimum Gasteiger partial charge on any atom is -0.463 e. The van der Waals surface area contributed by atoms with Gasteiger partial charge in [0.05, 0.1) is 6.26 Å². The molecule has 1 aliphatic heterocycles. The second-order valence-corrected chi connectivity index (χ2v) is 7.43. The van der Waals surface area contributed by atoms with E-state index in [-0.39, 0.29) is 5.91 Å². The highest BCUT2D eigenvalue weighted by Gasteiger charge is 2.29. The Morgan fingerprint density at radius 3 is 2.87 bits per heavy atom. The van der Waals surface area contributed by atoms with Crippen molar-refractivity contribution in [2.24, 2.45) is 11.3 Å². The van der Waals surface area contributed by atoms with Gasteiger partial charge in [-0.2, -0.15) is 5.10 Å². The first-order valence-corrected chi connectivity index (χ1v) is 8.34. The summed E-state index contributed by atoms with van der Waals surface area (Å²) in [6.45, 7) is 8.49. The van der Waals surface area contributed by atoms with E-state index in [0.29, 0.717) is 22.8 Å². The molecule has 3 rings (SSSR count). The average Bonchev–Trinajstić information content (AvgIpc) is 3.11. The highest BCUT2D eigenvalue weighted by atomic mass is 16.3. The molecule has 0 radical (unpaired) electrons. The molecule has 0 aliphatic carbocycles. The van der Waals surface area contributed by atoms with Crippen molar-refractivity contribution in [3.05, 3.63) is 30.2 Å². The molecule has 1 N–H and O–H groups in total. The lowest BCUT2D eigenvalue weighted by Gasteiger charge is -2.29. The van der Waals surface area contributed by atoms with Crippen LogP contribution < -0.4 is 0 Å². The lowest BCUT2D eigenvalue weighted by atomic mass is 9.77. The number of carbonyl (C=O) groups excluding carboxylic acids is 1. The van der Waals surface area contributed by atoms with E-state index in [4.69, 9.17) is 4.42 Å². The van der Waals surface area contributed by atoms with Crippen LogP contribution in [-0.2, 0) is 0 Å². The van der Waals surface area contributed by atoms with Crippen molar-refractivity contribution in [3.8, 4) is 11.5 Å². The average molecular weight is 315 g/mol. The van der Waals surface area contributed by atoms with E-state index in [1.165, 1.54) is 6.42 Å². The van der Waals surface area contributed by atoms with Crippen molar-refractivity contribution in [2.45, 2.75) is 40.0 Å². The smallest absolute Gasteiger partial charge is 0.274 e. The molecule has 1 fully saturated rings. The van der Waals surface area contributed by atoms with Gasteiger partial charge in [-0.25, -0.2) is 0 Å². The normalized spacial score (nSPS) is 19.6. The van der Waals surface area contributed by atoms with E-state index in [1.54, 1.807) is 12.3 Å². The molecular formula is C18H25N3O2. The molecule has 2 aromatic heterocycles. The zero-order valence-electron chi connectivity index (χ0n) is 14.1. The minimum absolute atomic E-state index is 0.00798. The third kappa shape index (κ3) is 3.49. The van der Waals surface area contributed by atoms with Gasteiger partial charge in [0.1, 0.15) is 5.69 Å². The van der Waals surface area contributed by atoms with Gasteiger partial charge in [-0.1, -0.05) is 20.8 Å². The number of hydrogen-bond donors (Lipinski definition) is 1. The zero-order chi connectivity index (χ0) is 16.4. The van der Waals surface area contributed by atoms with Crippen LogP contribution in [0.5, 0.6) is 0 Å². The van der Waals surface area contributed by atoms with Gasteiger partial charge in [0, 0.05) is 19.2 Å². The summed E-state index contributed by atoms with van der Waals surface area (Å²) in [7, 11) is 0. The van der Waals surface area contributed by atoms with Gasteiger partial charge in [-0.15, -0.1) is 0 Å². The Labute approximate surface area is 137 Å². The first-order valence-electron chi connectivity index (χ1n) is 8.34. The first-order chi connectivity index (χ1) is 10.9. The van der Waals surface area contributed by atoms with Crippen LogP contribution in [0.4, 0.5) is 0 Å². The predicted molar refractivity (Wildman–Crippen MR) is 89.0 cm³/mol. The van der Waals surface area contributed by atoms with Crippen LogP contribution in [0.2, 0.25) is 0 Å². The summed E-state index contributed by atoms with van der Waals surface area (Å²) in [5.74, 6) is 1.37. The lowest BCUT2D eigenvalue weighted by molar-refractivity contribution is 0.0749. The van der Waals surface area contributed by atoms with Gasteiger partial charge in [0.2, 0.25) is 0 Å². The Balaban J connectivity index is 1.69. The largest absolute Gasteiger partial charge is 0.463 e. The SMILES string of the molecule is CC(C)(C)C1CCCN(C(=O)c2cc(-c3ccco3)[nH]n2)CC1. The number of likely N-dealkylation sites (tertiary alicyclic amines) is 1. The first kappa shape index (κ1) is 15.8. The topological polar surface area (TPSA) is 62.1 Å². The Morgan fingerprint density at radius 1 is 1.35 bits per heavy atom. The number of H-pyrrole nitrogens is 1. The Morgan fingerprint density at radius 2 is 2.17 bits per heavy atom. The fraction of sp³-hybridized carbons (Fsp3) is 0.556. The van der Waals surface area contributed by atoms with Gasteiger partial charge in [0.15, 0.2) is 11.5 Å². The molecule has 1 aliphatic rings. The van der Waals surface area contributed by atoms with Crippen LogP contribution in [0.25, 0.3) is 11.5 Å². The van der Waals surface area contributed by atoms with Crippen molar-refractivity contribution in [3.63, 3.8) is 0 Å². The van der Waals surface area contributed by atoms with E-state index in [9.17, 15) is 4.79 Å². The van der Waals surface area contributed by atoms with Crippen molar-refractivity contribution in [1.82, 2.24) is 15.1 Å². The van der Waals surface area contributed by atoms with Crippen LogP contribution >= 0.6 is 0 Å². The molecule has 5 heteroatoms. The van der Waals surface area contributed by atoms with E-state index in [1.807, 2.05) is 17.0 Å². The second-order valence-electron chi connectivity index (χ2n) is 7.43. The Bertz CT molecular complexity index is 652. The van der Waals surface area contributed by atoms with Crippen LogP contribution in [0.1, 0.15) is 50.5 Å². The number of furan rings is 1. The maximum Gasteiger partial charge on any atom is 0.274 e. The summed E-state index contributed by atoms with van der Waals surface area (Å²) in [6, 6.07) is 5.44. The molecule has 0 spiro atoms. The number of rotatable bonds is 2. The van der Waals surface area contributed by atoms with E-state index >= 15 is 0 Å². The monoisotopic (exact) mass is 315 g/mol. The molecule has 5 nitrogen and oxygen atoms in total. The number of amides is 1. The molecule has 0 bridgehead atoms. The third-order valence-electron chi connectivity index (χ3n) is 4.82. The van der Waals surface area contributed by atoms with E-state index < -0.39 is 0 Å². The number of aromatic amines is 1. The number of nitrogens with zero attached hydrogens (tertiary/aromatic N) is 2. The Kier molecular flexibility index (Phi) is 4.28. The van der Waals surface area contributed by atoms with Crippen molar-refractivity contribution < 1.29 is 9.21 Å². The van der Waals surface area contributed by atoms with Crippen LogP contribution in [0, 0.1) is 11.3 Å². The highest BCUT2D eigenvalue weighted by Crippen LogP contribution is 2.34. The predicted octanol–water partition coefficient (Wildman–Crippen LogP) is 3.96. The highest BCUT2D eigenvalue weighted by molar-refractivity contribution is 5.93. The third-order valence-corrected chi connectivity index (χ3v) is 4.82. The van der Waals surface area contributed by atoms with E-state index in [2.05, 4.69) is 31.0 Å². The molecule has 2 aromatic rings. The molecule has 0 aromatic carbocycles. The number of aromatic nitrogens is 2. The van der Waals surface area contributed by atoms with Crippen LogP contribution in [0.3, 0.4) is 0 Å². The molecule has 1 unspecified atom stereocenters. The zero-order valence-corrected chi connectivity index (χ0v) is 14.1. The minimum atomic E-state index is 0.00798. The summed E-state index contributed by atoms with van der Waals surface area (Å²) in [5, 5.41) is 7.06. The van der Waals surface area contributed by atoms with Crippen LogP contribution in [0.15, 0.2) is 28.9 Å². The van der Waals surface area contributed by atoms with Crippen LogP contribution in [-0.4, -0.2) is 34.1 Å². The summed E-state index contributed by atoms with van der Waals surface area (Å²) in [6.07, 6.45) is 4.92. The van der Waals surface area contributed by atoms with Crippen molar-refractivity contribution >= 4 is 5.91 Å². The molecule has 0 saturated carbocycles. The number of hydrogen-bond acceptors (Lipinski definition) is 3.